The minimum atomic E-state index is -0.363. The van der Waals surface area contributed by atoms with Crippen LogP contribution in [0.3, 0.4) is 0 Å². The summed E-state index contributed by atoms with van der Waals surface area (Å²) in [6.07, 6.45) is 0. The van der Waals surface area contributed by atoms with Crippen molar-refractivity contribution >= 4 is 34.2 Å². The molecule has 5 aromatic rings. The monoisotopic (exact) mass is 495 g/mol. The molecule has 180 valence electrons. The number of rotatable bonds is 6. The summed E-state index contributed by atoms with van der Waals surface area (Å²) in [4.78, 5) is 23.5. The van der Waals surface area contributed by atoms with Crippen molar-refractivity contribution in [2.24, 2.45) is 5.10 Å². The van der Waals surface area contributed by atoms with Crippen molar-refractivity contribution in [1.29, 1.82) is 0 Å². The zero-order valence-corrected chi connectivity index (χ0v) is 21.0. The number of para-hydroxylation sites is 2. The van der Waals surface area contributed by atoms with Gasteiger partial charge in [-0.1, -0.05) is 65.9 Å². The highest BCUT2D eigenvalue weighted by Crippen LogP contribution is 2.27. The number of carbonyl (C=O) groups is 1. The first-order valence-electron chi connectivity index (χ1n) is 11.6. The molecule has 2 heterocycles. The lowest BCUT2D eigenvalue weighted by molar-refractivity contribution is 0.0531. The summed E-state index contributed by atoms with van der Waals surface area (Å²) >= 11 is 1.27. The Bertz CT molecular complexity index is 1620. The first kappa shape index (κ1) is 23.4. The van der Waals surface area contributed by atoms with Crippen molar-refractivity contribution < 1.29 is 9.53 Å². The third kappa shape index (κ3) is 4.63. The van der Waals surface area contributed by atoms with Gasteiger partial charge in [0.15, 0.2) is 5.82 Å². The van der Waals surface area contributed by atoms with E-state index in [-0.39, 0.29) is 5.97 Å². The van der Waals surface area contributed by atoms with Crippen molar-refractivity contribution in [3.8, 4) is 16.9 Å². The Balaban J connectivity index is 1.67. The Kier molecular flexibility index (Phi) is 6.60. The van der Waals surface area contributed by atoms with Crippen LogP contribution in [0, 0.1) is 13.8 Å². The highest BCUT2D eigenvalue weighted by Gasteiger charge is 2.19. The molecule has 8 heteroatoms. The van der Waals surface area contributed by atoms with E-state index in [9.17, 15) is 4.79 Å². The predicted molar refractivity (Wildman–Crippen MR) is 143 cm³/mol. The van der Waals surface area contributed by atoms with Gasteiger partial charge in [0, 0.05) is 16.9 Å². The lowest BCUT2D eigenvalue weighted by atomic mass is 10.1. The first-order chi connectivity index (χ1) is 17.5. The molecule has 0 spiro atoms. The van der Waals surface area contributed by atoms with E-state index in [1.165, 1.54) is 11.3 Å². The number of nitrogens with zero attached hydrogens (tertiary/aromatic N) is 4. The molecular formula is C28H25N5O2S. The largest absolute Gasteiger partial charge is 0.462 e. The number of fused-ring (bicyclic) bond motifs is 1. The lowest BCUT2D eigenvalue weighted by Gasteiger charge is -2.10. The molecule has 0 saturated carbocycles. The van der Waals surface area contributed by atoms with Crippen LogP contribution >= 0.6 is 11.3 Å². The number of benzene rings is 3. The Labute approximate surface area is 212 Å². The molecule has 1 N–H and O–H groups in total. The molecule has 0 fully saturated rings. The van der Waals surface area contributed by atoms with Crippen LogP contribution in [0.2, 0.25) is 0 Å². The van der Waals surface area contributed by atoms with E-state index in [1.807, 2.05) is 91.2 Å². The van der Waals surface area contributed by atoms with E-state index < -0.39 is 0 Å². The SMILES string of the molecule is CCOC(=O)c1s/c(=N/Nc2nc3ccccc3nc2-c2ccccc2)n(-c2cccc(C)c2)c1C. The minimum Gasteiger partial charge on any atom is -0.462 e. The summed E-state index contributed by atoms with van der Waals surface area (Å²) in [5.74, 6) is 0.165. The normalized spacial score (nSPS) is 11.6. The quantitative estimate of drug-likeness (QED) is 0.235. The van der Waals surface area contributed by atoms with Crippen molar-refractivity contribution in [2.45, 2.75) is 20.8 Å². The number of aromatic nitrogens is 3. The topological polar surface area (TPSA) is 81.4 Å². The zero-order valence-electron chi connectivity index (χ0n) is 20.2. The highest BCUT2D eigenvalue weighted by molar-refractivity contribution is 7.11. The molecular weight excluding hydrogens is 470 g/mol. The molecule has 2 aromatic heterocycles. The van der Waals surface area contributed by atoms with Gasteiger partial charge in [-0.05, 0) is 50.6 Å². The Morgan fingerprint density at radius 1 is 0.972 bits per heavy atom. The Morgan fingerprint density at radius 3 is 2.42 bits per heavy atom. The number of aryl methyl sites for hydroxylation is 1. The smallest absolute Gasteiger partial charge is 0.350 e. The molecule has 7 nitrogen and oxygen atoms in total. The third-order valence-electron chi connectivity index (χ3n) is 5.64. The van der Waals surface area contributed by atoms with Gasteiger partial charge in [0.2, 0.25) is 4.80 Å². The number of carbonyl (C=O) groups excluding carboxylic acids is 1. The average molecular weight is 496 g/mol. The van der Waals surface area contributed by atoms with Crippen LogP contribution in [-0.4, -0.2) is 27.1 Å². The molecule has 0 bridgehead atoms. The number of thiazole rings is 1. The number of esters is 1. The van der Waals surface area contributed by atoms with Crippen LogP contribution < -0.4 is 10.2 Å². The average Bonchev–Trinajstić information content (AvgIpc) is 3.23. The minimum absolute atomic E-state index is 0.304. The second-order valence-corrected chi connectivity index (χ2v) is 9.17. The Hall–Kier alpha value is -4.30. The summed E-state index contributed by atoms with van der Waals surface area (Å²) < 4.78 is 7.25. The fourth-order valence-corrected chi connectivity index (χ4v) is 4.95. The van der Waals surface area contributed by atoms with Gasteiger partial charge in [-0.3, -0.25) is 9.99 Å². The second kappa shape index (κ2) is 10.1. The number of hydrogen-bond acceptors (Lipinski definition) is 7. The van der Waals surface area contributed by atoms with Gasteiger partial charge in [0.25, 0.3) is 0 Å². The summed E-state index contributed by atoms with van der Waals surface area (Å²) in [6.45, 7) is 6.03. The number of anilines is 1. The summed E-state index contributed by atoms with van der Waals surface area (Å²) in [7, 11) is 0. The van der Waals surface area contributed by atoms with Gasteiger partial charge in [-0.2, -0.15) is 0 Å². The highest BCUT2D eigenvalue weighted by atomic mass is 32.1. The molecule has 0 amide bonds. The molecule has 0 saturated heterocycles. The maximum Gasteiger partial charge on any atom is 0.350 e. The van der Waals surface area contributed by atoms with Crippen molar-refractivity contribution in [2.75, 3.05) is 12.0 Å². The fourth-order valence-electron chi connectivity index (χ4n) is 3.96. The van der Waals surface area contributed by atoms with Gasteiger partial charge in [0.05, 0.1) is 17.6 Å². The molecule has 0 atom stereocenters. The van der Waals surface area contributed by atoms with Gasteiger partial charge in [-0.25, -0.2) is 14.8 Å². The zero-order chi connectivity index (χ0) is 25.1. The van der Waals surface area contributed by atoms with Crippen LogP contribution in [0.15, 0.2) is 84.0 Å². The van der Waals surface area contributed by atoms with Crippen LogP contribution in [0.5, 0.6) is 0 Å². The lowest BCUT2D eigenvalue weighted by Crippen LogP contribution is -2.17. The van der Waals surface area contributed by atoms with Crippen LogP contribution in [0.25, 0.3) is 28.0 Å². The van der Waals surface area contributed by atoms with Crippen LogP contribution in [-0.2, 0) is 4.74 Å². The maximum absolute atomic E-state index is 12.7. The third-order valence-corrected chi connectivity index (χ3v) is 6.77. The fraction of sp³-hybridized carbons (Fsp3) is 0.143. The predicted octanol–water partition coefficient (Wildman–Crippen LogP) is 5.87. The molecule has 5 rings (SSSR count). The second-order valence-electron chi connectivity index (χ2n) is 8.19. The molecule has 0 aliphatic rings. The standard InChI is InChI=1S/C28H25N5O2S/c1-4-35-27(34)25-19(3)33(21-14-10-11-18(2)17-21)28(36-25)32-31-26-24(20-12-6-5-7-13-20)29-22-15-8-9-16-23(22)30-26/h5-17H,4H2,1-3H3,(H,30,31)/b32-28+. The summed E-state index contributed by atoms with van der Waals surface area (Å²) in [5.41, 5.74) is 9.10. The van der Waals surface area contributed by atoms with E-state index in [2.05, 4.69) is 11.5 Å². The number of nitrogens with one attached hydrogen (secondary N) is 1. The number of hydrogen-bond donors (Lipinski definition) is 1. The first-order valence-corrected chi connectivity index (χ1v) is 12.5. The van der Waals surface area contributed by atoms with Crippen LogP contribution in [0.1, 0.15) is 27.9 Å². The maximum atomic E-state index is 12.7. The van der Waals surface area contributed by atoms with Crippen molar-refractivity contribution in [3.05, 3.63) is 99.8 Å². The summed E-state index contributed by atoms with van der Waals surface area (Å²) in [6, 6.07) is 25.7. The van der Waals surface area contributed by atoms with Gasteiger partial charge in [-0.15, -0.1) is 5.10 Å². The van der Waals surface area contributed by atoms with E-state index in [0.29, 0.717) is 27.8 Å². The van der Waals surface area contributed by atoms with Crippen LogP contribution in [0.4, 0.5) is 5.82 Å². The molecule has 0 unspecified atom stereocenters. The van der Waals surface area contributed by atoms with Gasteiger partial charge in [0.1, 0.15) is 10.6 Å². The molecule has 0 aliphatic heterocycles. The van der Waals surface area contributed by atoms with Crippen molar-refractivity contribution in [3.63, 3.8) is 0 Å². The molecule has 0 aliphatic carbocycles. The number of ether oxygens (including phenoxy) is 1. The van der Waals surface area contributed by atoms with E-state index in [1.54, 1.807) is 6.92 Å². The van der Waals surface area contributed by atoms with Gasteiger partial charge >= 0.3 is 5.97 Å². The van der Waals surface area contributed by atoms with E-state index in [0.717, 1.165) is 33.5 Å². The molecule has 0 radical (unpaired) electrons. The van der Waals surface area contributed by atoms with E-state index >= 15 is 0 Å². The van der Waals surface area contributed by atoms with Gasteiger partial charge < -0.3 is 4.74 Å². The molecule has 3 aromatic carbocycles. The van der Waals surface area contributed by atoms with E-state index in [4.69, 9.17) is 19.8 Å². The van der Waals surface area contributed by atoms with Crippen molar-refractivity contribution in [1.82, 2.24) is 14.5 Å². The Morgan fingerprint density at radius 2 is 1.69 bits per heavy atom. The molecule has 36 heavy (non-hydrogen) atoms. The summed E-state index contributed by atoms with van der Waals surface area (Å²) in [5, 5.41) is 4.72.